The van der Waals surface area contributed by atoms with Gasteiger partial charge >= 0.3 is 0 Å². The van der Waals surface area contributed by atoms with E-state index in [0.717, 1.165) is 34.4 Å². The van der Waals surface area contributed by atoms with Crippen LogP contribution in [0.4, 0.5) is 0 Å². The maximum absolute atomic E-state index is 9.54. The molecule has 2 unspecified atom stereocenters. The van der Waals surface area contributed by atoms with Crippen molar-refractivity contribution in [3.8, 4) is 5.75 Å². The summed E-state index contributed by atoms with van der Waals surface area (Å²) in [6, 6.07) is 4.08. The number of benzene rings is 1. The Bertz CT molecular complexity index is 394. The smallest absolute Gasteiger partial charge is 0.127 e. The van der Waals surface area contributed by atoms with E-state index in [2.05, 4.69) is 34.2 Å². The van der Waals surface area contributed by atoms with Gasteiger partial charge in [0.15, 0.2) is 0 Å². The number of aliphatic hydroxyl groups excluding tert-OH is 1. The molecule has 0 amide bonds. The zero-order valence-corrected chi connectivity index (χ0v) is 13.0. The average Bonchev–Trinajstić information content (AvgIpc) is 2.29. The second-order valence-corrected chi connectivity index (χ2v) is 5.47. The monoisotopic (exact) mass is 315 g/mol. The van der Waals surface area contributed by atoms with Gasteiger partial charge < -0.3 is 15.2 Å². The number of hydrogen-bond acceptors (Lipinski definition) is 3. The Balaban J connectivity index is 2.99. The summed E-state index contributed by atoms with van der Waals surface area (Å²) in [7, 11) is 0. The molecule has 1 rings (SSSR count). The third-order valence-corrected chi connectivity index (χ3v) is 3.32. The van der Waals surface area contributed by atoms with E-state index in [1.807, 2.05) is 19.9 Å². The van der Waals surface area contributed by atoms with Crippen LogP contribution < -0.4 is 10.1 Å². The molecule has 102 valence electrons. The van der Waals surface area contributed by atoms with Gasteiger partial charge in [-0.2, -0.15) is 0 Å². The Hall–Kier alpha value is -0.580. The third-order valence-electron chi connectivity index (χ3n) is 2.86. The van der Waals surface area contributed by atoms with Crippen LogP contribution in [-0.2, 0) is 6.54 Å². The highest BCUT2D eigenvalue weighted by atomic mass is 79.9. The standard InChI is InChI=1S/C14H22BrNO2/c1-5-16-8-12-7-13(15)6-9(2)14(12)18-11(4)10(3)17/h6-7,10-11,16-17H,5,8H2,1-4H3. The average molecular weight is 316 g/mol. The van der Waals surface area contributed by atoms with E-state index in [4.69, 9.17) is 4.74 Å². The minimum atomic E-state index is -0.486. The fourth-order valence-electron chi connectivity index (χ4n) is 1.64. The van der Waals surface area contributed by atoms with Crippen LogP contribution in [0.15, 0.2) is 16.6 Å². The van der Waals surface area contributed by atoms with E-state index in [-0.39, 0.29) is 6.10 Å². The van der Waals surface area contributed by atoms with Crippen molar-refractivity contribution >= 4 is 15.9 Å². The lowest BCUT2D eigenvalue weighted by molar-refractivity contribution is 0.0593. The largest absolute Gasteiger partial charge is 0.487 e. The van der Waals surface area contributed by atoms with Crippen molar-refractivity contribution in [2.45, 2.75) is 46.4 Å². The summed E-state index contributed by atoms with van der Waals surface area (Å²) >= 11 is 3.50. The predicted molar refractivity (Wildman–Crippen MR) is 78.0 cm³/mol. The topological polar surface area (TPSA) is 41.5 Å². The van der Waals surface area contributed by atoms with Gasteiger partial charge in [-0.1, -0.05) is 22.9 Å². The molecule has 0 aromatic heterocycles. The minimum absolute atomic E-state index is 0.217. The summed E-state index contributed by atoms with van der Waals surface area (Å²) in [5.74, 6) is 0.868. The van der Waals surface area contributed by atoms with Gasteiger partial charge in [-0.15, -0.1) is 0 Å². The second-order valence-electron chi connectivity index (χ2n) is 4.55. The summed E-state index contributed by atoms with van der Waals surface area (Å²) in [5, 5.41) is 12.8. The third kappa shape index (κ3) is 4.26. The fraction of sp³-hybridized carbons (Fsp3) is 0.571. The van der Waals surface area contributed by atoms with Gasteiger partial charge in [0.2, 0.25) is 0 Å². The van der Waals surface area contributed by atoms with Crippen LogP contribution in [0.1, 0.15) is 31.9 Å². The number of rotatable bonds is 6. The highest BCUT2D eigenvalue weighted by molar-refractivity contribution is 9.10. The van der Waals surface area contributed by atoms with Crippen LogP contribution in [0.2, 0.25) is 0 Å². The number of nitrogens with one attached hydrogen (secondary N) is 1. The van der Waals surface area contributed by atoms with E-state index >= 15 is 0 Å². The normalized spacial score (nSPS) is 14.3. The number of ether oxygens (including phenoxy) is 1. The lowest BCUT2D eigenvalue weighted by Crippen LogP contribution is -2.27. The van der Waals surface area contributed by atoms with Crippen LogP contribution in [-0.4, -0.2) is 23.9 Å². The zero-order chi connectivity index (χ0) is 13.7. The number of hydrogen-bond donors (Lipinski definition) is 2. The van der Waals surface area contributed by atoms with Crippen molar-refractivity contribution in [3.05, 3.63) is 27.7 Å². The molecule has 1 aromatic rings. The lowest BCUT2D eigenvalue weighted by atomic mass is 10.1. The Labute approximate surface area is 118 Å². The number of aliphatic hydroxyl groups is 1. The zero-order valence-electron chi connectivity index (χ0n) is 11.5. The molecule has 0 aliphatic carbocycles. The number of aryl methyl sites for hydroxylation is 1. The molecular weight excluding hydrogens is 294 g/mol. The van der Waals surface area contributed by atoms with Crippen molar-refractivity contribution in [1.82, 2.24) is 5.32 Å². The van der Waals surface area contributed by atoms with Gasteiger partial charge in [0.25, 0.3) is 0 Å². The first kappa shape index (κ1) is 15.5. The maximum Gasteiger partial charge on any atom is 0.127 e. The SMILES string of the molecule is CCNCc1cc(Br)cc(C)c1OC(C)C(C)O. The van der Waals surface area contributed by atoms with Gasteiger partial charge in [0.1, 0.15) is 11.9 Å². The summed E-state index contributed by atoms with van der Waals surface area (Å²) in [6.07, 6.45) is -0.703. The molecule has 4 heteroatoms. The molecule has 0 bridgehead atoms. The molecule has 0 aliphatic rings. The van der Waals surface area contributed by atoms with Crippen molar-refractivity contribution in [2.24, 2.45) is 0 Å². The Morgan fingerprint density at radius 2 is 2.06 bits per heavy atom. The lowest BCUT2D eigenvalue weighted by Gasteiger charge is -2.21. The highest BCUT2D eigenvalue weighted by Crippen LogP contribution is 2.29. The molecule has 0 saturated carbocycles. The first-order valence-electron chi connectivity index (χ1n) is 6.30. The summed E-state index contributed by atoms with van der Waals surface area (Å²) < 4.78 is 6.93. The van der Waals surface area contributed by atoms with Crippen LogP contribution in [0.25, 0.3) is 0 Å². The first-order valence-corrected chi connectivity index (χ1v) is 7.09. The van der Waals surface area contributed by atoms with E-state index in [9.17, 15) is 5.11 Å². The summed E-state index contributed by atoms with van der Waals surface area (Å²) in [4.78, 5) is 0. The predicted octanol–water partition coefficient (Wildman–Crippen LogP) is 3.02. The van der Waals surface area contributed by atoms with E-state index in [1.54, 1.807) is 6.92 Å². The first-order chi connectivity index (χ1) is 8.45. The van der Waals surface area contributed by atoms with Crippen molar-refractivity contribution in [2.75, 3.05) is 6.54 Å². The molecule has 0 heterocycles. The van der Waals surface area contributed by atoms with Gasteiger partial charge in [-0.25, -0.2) is 0 Å². The molecule has 18 heavy (non-hydrogen) atoms. The Kier molecular flexibility index (Phi) is 6.12. The van der Waals surface area contributed by atoms with Crippen LogP contribution in [0.3, 0.4) is 0 Å². The minimum Gasteiger partial charge on any atom is -0.487 e. The van der Waals surface area contributed by atoms with Crippen molar-refractivity contribution in [3.63, 3.8) is 0 Å². The highest BCUT2D eigenvalue weighted by Gasteiger charge is 2.15. The maximum atomic E-state index is 9.54. The van der Waals surface area contributed by atoms with Gasteiger partial charge in [0, 0.05) is 16.6 Å². The van der Waals surface area contributed by atoms with Crippen molar-refractivity contribution in [1.29, 1.82) is 0 Å². The molecule has 2 N–H and O–H groups in total. The van der Waals surface area contributed by atoms with Crippen molar-refractivity contribution < 1.29 is 9.84 Å². The summed E-state index contributed by atoms with van der Waals surface area (Å²) in [5.41, 5.74) is 2.18. The molecule has 2 atom stereocenters. The number of halogens is 1. The van der Waals surface area contributed by atoms with Crippen LogP contribution >= 0.6 is 15.9 Å². The van der Waals surface area contributed by atoms with E-state index in [0.29, 0.717) is 0 Å². The van der Waals surface area contributed by atoms with Gasteiger partial charge in [-0.3, -0.25) is 0 Å². The molecule has 0 fully saturated rings. The molecule has 0 saturated heterocycles. The summed E-state index contributed by atoms with van der Waals surface area (Å²) in [6.45, 7) is 9.38. The fourth-order valence-corrected chi connectivity index (χ4v) is 2.26. The Morgan fingerprint density at radius 3 is 2.61 bits per heavy atom. The molecule has 0 radical (unpaired) electrons. The van der Waals surface area contributed by atoms with E-state index in [1.165, 1.54) is 0 Å². The van der Waals surface area contributed by atoms with Gasteiger partial charge in [-0.05, 0) is 45.0 Å². The molecule has 0 aliphatic heterocycles. The second kappa shape index (κ2) is 7.12. The quantitative estimate of drug-likeness (QED) is 0.848. The van der Waals surface area contributed by atoms with E-state index < -0.39 is 6.10 Å². The van der Waals surface area contributed by atoms with Crippen LogP contribution in [0, 0.1) is 6.92 Å². The molecule has 0 spiro atoms. The molecule has 1 aromatic carbocycles. The molecule has 3 nitrogen and oxygen atoms in total. The van der Waals surface area contributed by atoms with Crippen LogP contribution in [0.5, 0.6) is 5.75 Å². The van der Waals surface area contributed by atoms with Gasteiger partial charge in [0.05, 0.1) is 6.10 Å². The Morgan fingerprint density at radius 1 is 1.39 bits per heavy atom. The molecular formula is C14H22BrNO2.